The number of nitrogens with one attached hydrogen (secondary N) is 1. The molecule has 0 radical (unpaired) electrons. The van der Waals surface area contributed by atoms with Crippen molar-refractivity contribution in [2.24, 2.45) is 5.92 Å². The van der Waals surface area contributed by atoms with Crippen LogP contribution in [0, 0.1) is 5.92 Å². The van der Waals surface area contributed by atoms with E-state index >= 15 is 0 Å². The fourth-order valence-electron chi connectivity index (χ4n) is 2.13. The Hall–Kier alpha value is -2.08. The van der Waals surface area contributed by atoms with Crippen LogP contribution in [0.1, 0.15) is 19.3 Å². The summed E-state index contributed by atoms with van der Waals surface area (Å²) in [6.45, 7) is 0. The largest absolute Gasteiger partial charge is 0.300 e. The van der Waals surface area contributed by atoms with Gasteiger partial charge in [-0.1, -0.05) is 12.2 Å². The van der Waals surface area contributed by atoms with Crippen molar-refractivity contribution < 1.29 is 4.79 Å². The molecule has 0 unspecified atom stereocenters. The number of nitrogens with zero attached hydrogens (tertiary/aromatic N) is 3. The smallest absolute Gasteiger partial charge is 0.229 e. The summed E-state index contributed by atoms with van der Waals surface area (Å²) >= 11 is 1.21. The first-order chi connectivity index (χ1) is 9.83. The van der Waals surface area contributed by atoms with Crippen molar-refractivity contribution in [2.75, 3.05) is 5.32 Å². The summed E-state index contributed by atoms with van der Waals surface area (Å²) < 4.78 is 4.26. The second-order valence-electron chi connectivity index (χ2n) is 4.63. The number of allylic oxidation sites excluding steroid dienone is 2. The molecule has 2 heterocycles. The van der Waals surface area contributed by atoms with Gasteiger partial charge >= 0.3 is 0 Å². The van der Waals surface area contributed by atoms with Crippen LogP contribution in [0.5, 0.6) is 0 Å². The van der Waals surface area contributed by atoms with Gasteiger partial charge in [0.25, 0.3) is 0 Å². The monoisotopic (exact) mass is 286 g/mol. The zero-order valence-corrected chi connectivity index (χ0v) is 11.6. The van der Waals surface area contributed by atoms with Gasteiger partial charge in [0, 0.05) is 35.4 Å². The Morgan fingerprint density at radius 1 is 1.30 bits per heavy atom. The minimum Gasteiger partial charge on any atom is -0.300 e. The maximum atomic E-state index is 12.1. The molecule has 0 fully saturated rings. The van der Waals surface area contributed by atoms with E-state index in [2.05, 4.69) is 31.8 Å². The van der Waals surface area contributed by atoms with Crippen LogP contribution in [0.2, 0.25) is 0 Å². The van der Waals surface area contributed by atoms with E-state index in [1.54, 1.807) is 12.4 Å². The van der Waals surface area contributed by atoms with Crippen LogP contribution < -0.4 is 5.32 Å². The first kappa shape index (κ1) is 12.9. The summed E-state index contributed by atoms with van der Waals surface area (Å²) in [7, 11) is 0. The van der Waals surface area contributed by atoms with E-state index in [0.29, 0.717) is 11.0 Å². The molecule has 20 heavy (non-hydrogen) atoms. The van der Waals surface area contributed by atoms with Gasteiger partial charge in [-0.3, -0.25) is 9.78 Å². The van der Waals surface area contributed by atoms with Gasteiger partial charge in [-0.15, -0.1) is 0 Å². The number of carbonyl (C=O) groups is 1. The Labute approximate surface area is 120 Å². The number of pyridine rings is 1. The second-order valence-corrected chi connectivity index (χ2v) is 5.38. The summed E-state index contributed by atoms with van der Waals surface area (Å²) in [5, 5.41) is 3.41. The van der Waals surface area contributed by atoms with E-state index in [1.807, 2.05) is 12.1 Å². The zero-order chi connectivity index (χ0) is 13.8. The van der Waals surface area contributed by atoms with Gasteiger partial charge in [0.1, 0.15) is 0 Å². The van der Waals surface area contributed by atoms with Crippen LogP contribution >= 0.6 is 11.5 Å². The SMILES string of the molecule is O=C(Nc1nc(-c2ccncc2)ns1)[C@H]1CC=CCC1. The summed E-state index contributed by atoms with van der Waals surface area (Å²) in [6.07, 6.45) is 10.3. The third-order valence-electron chi connectivity index (χ3n) is 3.23. The average Bonchev–Trinajstić information content (AvgIpc) is 2.97. The minimum absolute atomic E-state index is 0.0341. The van der Waals surface area contributed by atoms with E-state index in [0.717, 1.165) is 24.8 Å². The maximum Gasteiger partial charge on any atom is 0.229 e. The normalized spacial score (nSPS) is 17.9. The Balaban J connectivity index is 1.68. The molecule has 1 N–H and O–H groups in total. The minimum atomic E-state index is 0.0341. The number of anilines is 1. The van der Waals surface area contributed by atoms with Crippen molar-refractivity contribution in [3.63, 3.8) is 0 Å². The number of hydrogen-bond donors (Lipinski definition) is 1. The van der Waals surface area contributed by atoms with Crippen LogP contribution in [0.15, 0.2) is 36.7 Å². The van der Waals surface area contributed by atoms with Crippen molar-refractivity contribution in [3.8, 4) is 11.4 Å². The molecule has 2 aromatic rings. The second kappa shape index (κ2) is 5.92. The Bertz CT molecular complexity index is 623. The van der Waals surface area contributed by atoms with Crippen LogP contribution in [-0.4, -0.2) is 20.2 Å². The zero-order valence-electron chi connectivity index (χ0n) is 10.8. The molecule has 6 heteroatoms. The molecule has 0 bridgehead atoms. The third-order valence-corrected chi connectivity index (χ3v) is 3.87. The lowest BCUT2D eigenvalue weighted by Gasteiger charge is -2.15. The van der Waals surface area contributed by atoms with Gasteiger partial charge in [0.05, 0.1) is 0 Å². The van der Waals surface area contributed by atoms with Gasteiger partial charge in [-0.05, 0) is 31.4 Å². The molecule has 0 aliphatic heterocycles. The first-order valence-corrected chi connectivity index (χ1v) is 7.30. The number of amides is 1. The lowest BCUT2D eigenvalue weighted by Crippen LogP contribution is -2.23. The molecule has 1 aliphatic rings. The van der Waals surface area contributed by atoms with Crippen LogP contribution in [-0.2, 0) is 4.79 Å². The van der Waals surface area contributed by atoms with Crippen molar-refractivity contribution in [2.45, 2.75) is 19.3 Å². The van der Waals surface area contributed by atoms with Crippen molar-refractivity contribution in [1.29, 1.82) is 0 Å². The molecule has 0 saturated carbocycles. The lowest BCUT2D eigenvalue weighted by molar-refractivity contribution is -0.120. The predicted molar refractivity (Wildman–Crippen MR) is 78.3 cm³/mol. The molecule has 102 valence electrons. The van der Waals surface area contributed by atoms with E-state index in [-0.39, 0.29) is 11.8 Å². The van der Waals surface area contributed by atoms with Gasteiger partial charge < -0.3 is 5.32 Å². The van der Waals surface area contributed by atoms with Crippen LogP contribution in [0.25, 0.3) is 11.4 Å². The highest BCUT2D eigenvalue weighted by Crippen LogP contribution is 2.23. The van der Waals surface area contributed by atoms with E-state index < -0.39 is 0 Å². The molecule has 1 aliphatic carbocycles. The number of carbonyl (C=O) groups excluding carboxylic acids is 1. The summed E-state index contributed by atoms with van der Waals surface area (Å²) in [6, 6.07) is 3.69. The Kier molecular flexibility index (Phi) is 3.83. The maximum absolute atomic E-state index is 12.1. The molecule has 2 aromatic heterocycles. The number of rotatable bonds is 3. The molecular formula is C14H14N4OS. The first-order valence-electron chi connectivity index (χ1n) is 6.53. The van der Waals surface area contributed by atoms with Gasteiger partial charge in [-0.25, -0.2) is 0 Å². The highest BCUT2D eigenvalue weighted by Gasteiger charge is 2.20. The summed E-state index contributed by atoms with van der Waals surface area (Å²) in [5.74, 6) is 0.705. The van der Waals surface area contributed by atoms with Crippen molar-refractivity contribution >= 4 is 22.6 Å². The van der Waals surface area contributed by atoms with E-state index in [9.17, 15) is 4.79 Å². The Morgan fingerprint density at radius 2 is 2.15 bits per heavy atom. The van der Waals surface area contributed by atoms with Crippen molar-refractivity contribution in [3.05, 3.63) is 36.7 Å². The molecule has 3 rings (SSSR count). The van der Waals surface area contributed by atoms with Gasteiger partial charge in [0.2, 0.25) is 11.0 Å². The van der Waals surface area contributed by atoms with Gasteiger partial charge in [-0.2, -0.15) is 9.36 Å². The number of aromatic nitrogens is 3. The van der Waals surface area contributed by atoms with E-state index in [4.69, 9.17) is 0 Å². The highest BCUT2D eigenvalue weighted by atomic mass is 32.1. The van der Waals surface area contributed by atoms with Gasteiger partial charge in [0.15, 0.2) is 5.82 Å². The molecule has 1 atom stereocenters. The highest BCUT2D eigenvalue weighted by molar-refractivity contribution is 7.10. The molecule has 0 saturated heterocycles. The standard InChI is InChI=1S/C14H14N4OS/c19-13(11-4-2-1-3-5-11)17-14-16-12(18-20-14)10-6-8-15-9-7-10/h1-2,6-9,11H,3-5H2,(H,16,17,18,19)/t11-/m0/s1. The lowest BCUT2D eigenvalue weighted by atomic mass is 9.94. The summed E-state index contributed by atoms with van der Waals surface area (Å²) in [4.78, 5) is 20.4. The molecule has 0 aromatic carbocycles. The molecule has 5 nitrogen and oxygen atoms in total. The van der Waals surface area contributed by atoms with E-state index in [1.165, 1.54) is 11.5 Å². The summed E-state index contributed by atoms with van der Waals surface area (Å²) in [5.41, 5.74) is 0.900. The molecule has 0 spiro atoms. The molecular weight excluding hydrogens is 272 g/mol. The quantitative estimate of drug-likeness (QED) is 0.881. The average molecular weight is 286 g/mol. The van der Waals surface area contributed by atoms with Crippen LogP contribution in [0.3, 0.4) is 0 Å². The van der Waals surface area contributed by atoms with Crippen molar-refractivity contribution in [1.82, 2.24) is 14.3 Å². The fraction of sp³-hybridized carbons (Fsp3) is 0.286. The molecule has 1 amide bonds. The Morgan fingerprint density at radius 3 is 2.90 bits per heavy atom. The number of hydrogen-bond acceptors (Lipinski definition) is 5. The third kappa shape index (κ3) is 2.91. The predicted octanol–water partition coefficient (Wildman–Crippen LogP) is 2.89. The topological polar surface area (TPSA) is 67.8 Å². The fourth-order valence-corrected chi connectivity index (χ4v) is 2.72. The van der Waals surface area contributed by atoms with Crippen LogP contribution in [0.4, 0.5) is 5.13 Å².